The number of nitrogen functional groups attached to an aromatic ring is 1. The van der Waals surface area contributed by atoms with Crippen molar-refractivity contribution < 1.29 is 0 Å². The Bertz CT molecular complexity index is 225. The monoisotopic (exact) mass is 168 g/mol. The number of nitrogens with two attached hydrogens (primary N) is 1. The molecule has 0 spiro atoms. The van der Waals surface area contributed by atoms with Crippen molar-refractivity contribution in [2.24, 2.45) is 0 Å². The smallest absolute Gasteiger partial charge is 0.0361 e. The van der Waals surface area contributed by atoms with Gasteiger partial charge in [0, 0.05) is 23.7 Å². The summed E-state index contributed by atoms with van der Waals surface area (Å²) >= 11 is 4.08. The normalized spacial score (nSPS) is 9.55. The summed E-state index contributed by atoms with van der Waals surface area (Å²) in [7, 11) is 0. The molecule has 2 nitrogen and oxygen atoms in total. The van der Waals surface area contributed by atoms with Crippen molar-refractivity contribution >= 4 is 24.0 Å². The van der Waals surface area contributed by atoms with E-state index in [2.05, 4.69) is 17.9 Å². The Morgan fingerprint density at radius 1 is 1.45 bits per heavy atom. The SMILES string of the molecule is Nc1cccc(NCCS)c1. The second kappa shape index (κ2) is 4.13. The lowest BCUT2D eigenvalue weighted by Crippen LogP contribution is -2.02. The molecular weight excluding hydrogens is 156 g/mol. The third-order valence-electron chi connectivity index (χ3n) is 1.33. The molecule has 0 aromatic heterocycles. The van der Waals surface area contributed by atoms with Crippen molar-refractivity contribution in [2.45, 2.75) is 0 Å². The first-order valence-corrected chi connectivity index (χ1v) is 4.16. The molecular formula is C8H12N2S. The molecule has 0 unspecified atom stereocenters. The summed E-state index contributed by atoms with van der Waals surface area (Å²) in [6, 6.07) is 7.69. The quantitative estimate of drug-likeness (QED) is 0.474. The molecule has 0 bridgehead atoms. The van der Waals surface area contributed by atoms with E-state index in [9.17, 15) is 0 Å². The molecule has 11 heavy (non-hydrogen) atoms. The highest BCUT2D eigenvalue weighted by atomic mass is 32.1. The van der Waals surface area contributed by atoms with Gasteiger partial charge in [-0.1, -0.05) is 6.07 Å². The minimum atomic E-state index is 0.786. The average molecular weight is 168 g/mol. The number of thiol groups is 1. The molecule has 0 radical (unpaired) electrons. The van der Waals surface area contributed by atoms with Crippen molar-refractivity contribution in [1.82, 2.24) is 0 Å². The summed E-state index contributed by atoms with van der Waals surface area (Å²) in [5, 5.41) is 3.18. The number of hydrogen-bond donors (Lipinski definition) is 3. The molecule has 3 heteroatoms. The van der Waals surface area contributed by atoms with E-state index >= 15 is 0 Å². The van der Waals surface area contributed by atoms with E-state index in [0.29, 0.717) is 0 Å². The molecule has 1 rings (SSSR count). The van der Waals surface area contributed by atoms with E-state index in [0.717, 1.165) is 23.7 Å². The molecule has 0 saturated heterocycles. The Morgan fingerprint density at radius 2 is 2.27 bits per heavy atom. The van der Waals surface area contributed by atoms with Crippen LogP contribution in [0.5, 0.6) is 0 Å². The molecule has 1 aromatic carbocycles. The Balaban J connectivity index is 2.56. The lowest BCUT2D eigenvalue weighted by Gasteiger charge is -2.03. The van der Waals surface area contributed by atoms with E-state index in [1.807, 2.05) is 24.3 Å². The van der Waals surface area contributed by atoms with Crippen LogP contribution in [0.2, 0.25) is 0 Å². The Kier molecular flexibility index (Phi) is 3.11. The minimum Gasteiger partial charge on any atom is -0.399 e. The zero-order chi connectivity index (χ0) is 8.10. The first-order chi connectivity index (χ1) is 5.33. The van der Waals surface area contributed by atoms with Gasteiger partial charge >= 0.3 is 0 Å². The van der Waals surface area contributed by atoms with Crippen LogP contribution < -0.4 is 11.1 Å². The number of rotatable bonds is 3. The summed E-state index contributed by atoms with van der Waals surface area (Å²) < 4.78 is 0. The van der Waals surface area contributed by atoms with E-state index < -0.39 is 0 Å². The molecule has 60 valence electrons. The van der Waals surface area contributed by atoms with Crippen LogP contribution in [0.25, 0.3) is 0 Å². The van der Waals surface area contributed by atoms with Crippen molar-refractivity contribution in [3.05, 3.63) is 24.3 Å². The zero-order valence-corrected chi connectivity index (χ0v) is 7.14. The fraction of sp³-hybridized carbons (Fsp3) is 0.250. The van der Waals surface area contributed by atoms with Gasteiger partial charge < -0.3 is 11.1 Å². The van der Waals surface area contributed by atoms with Gasteiger partial charge in [-0.05, 0) is 18.2 Å². The lowest BCUT2D eigenvalue weighted by atomic mass is 10.3. The highest BCUT2D eigenvalue weighted by Gasteiger charge is 1.89. The molecule has 0 aliphatic carbocycles. The zero-order valence-electron chi connectivity index (χ0n) is 6.25. The maximum Gasteiger partial charge on any atom is 0.0361 e. The molecule has 0 atom stereocenters. The van der Waals surface area contributed by atoms with Gasteiger partial charge in [0.2, 0.25) is 0 Å². The molecule has 0 saturated carbocycles. The third kappa shape index (κ3) is 2.72. The van der Waals surface area contributed by atoms with Gasteiger partial charge in [-0.25, -0.2) is 0 Å². The summed E-state index contributed by atoms with van der Waals surface area (Å²) in [4.78, 5) is 0. The second-order valence-corrected chi connectivity index (χ2v) is 2.72. The van der Waals surface area contributed by atoms with Crippen LogP contribution in [0, 0.1) is 0 Å². The lowest BCUT2D eigenvalue weighted by molar-refractivity contribution is 1.24. The average Bonchev–Trinajstić information content (AvgIpc) is 2.01. The summed E-state index contributed by atoms with van der Waals surface area (Å²) in [6.07, 6.45) is 0. The maximum absolute atomic E-state index is 5.57. The maximum atomic E-state index is 5.57. The predicted octanol–water partition coefficient (Wildman–Crippen LogP) is 1.61. The fourth-order valence-corrected chi connectivity index (χ4v) is 0.961. The van der Waals surface area contributed by atoms with E-state index in [1.54, 1.807) is 0 Å². The first-order valence-electron chi connectivity index (χ1n) is 3.53. The van der Waals surface area contributed by atoms with Gasteiger partial charge in [-0.2, -0.15) is 12.6 Å². The Hall–Kier alpha value is -0.830. The van der Waals surface area contributed by atoms with E-state index in [4.69, 9.17) is 5.73 Å². The van der Waals surface area contributed by atoms with Crippen molar-refractivity contribution in [3.63, 3.8) is 0 Å². The van der Waals surface area contributed by atoms with Gasteiger partial charge in [0.1, 0.15) is 0 Å². The van der Waals surface area contributed by atoms with Crippen molar-refractivity contribution in [3.8, 4) is 0 Å². The van der Waals surface area contributed by atoms with Crippen molar-refractivity contribution in [2.75, 3.05) is 23.3 Å². The van der Waals surface area contributed by atoms with Crippen LogP contribution in [0.3, 0.4) is 0 Å². The van der Waals surface area contributed by atoms with Crippen LogP contribution in [-0.4, -0.2) is 12.3 Å². The number of anilines is 2. The van der Waals surface area contributed by atoms with Crippen LogP contribution in [0.1, 0.15) is 0 Å². The number of hydrogen-bond acceptors (Lipinski definition) is 3. The Morgan fingerprint density at radius 3 is 2.91 bits per heavy atom. The van der Waals surface area contributed by atoms with E-state index in [1.165, 1.54) is 0 Å². The highest BCUT2D eigenvalue weighted by Crippen LogP contribution is 2.10. The third-order valence-corrected chi connectivity index (χ3v) is 1.55. The molecule has 0 amide bonds. The standard InChI is InChI=1S/C8H12N2S/c9-7-2-1-3-8(6-7)10-4-5-11/h1-3,6,10-11H,4-5,9H2. The fourth-order valence-electron chi connectivity index (χ4n) is 0.849. The number of nitrogens with one attached hydrogen (secondary N) is 1. The second-order valence-electron chi connectivity index (χ2n) is 2.28. The summed E-state index contributed by atoms with van der Waals surface area (Å²) in [5.41, 5.74) is 7.41. The molecule has 0 heterocycles. The summed E-state index contributed by atoms with van der Waals surface area (Å²) in [6.45, 7) is 0.868. The van der Waals surface area contributed by atoms with Gasteiger partial charge in [-0.3, -0.25) is 0 Å². The van der Waals surface area contributed by atoms with Crippen LogP contribution in [0.15, 0.2) is 24.3 Å². The van der Waals surface area contributed by atoms with Gasteiger partial charge in [0.15, 0.2) is 0 Å². The van der Waals surface area contributed by atoms with Crippen LogP contribution >= 0.6 is 12.6 Å². The highest BCUT2D eigenvalue weighted by molar-refractivity contribution is 7.80. The van der Waals surface area contributed by atoms with Crippen LogP contribution in [0.4, 0.5) is 11.4 Å². The number of benzene rings is 1. The molecule has 0 aliphatic rings. The summed E-state index contributed by atoms with van der Waals surface area (Å²) in [5.74, 6) is 0.828. The van der Waals surface area contributed by atoms with Gasteiger partial charge in [-0.15, -0.1) is 0 Å². The van der Waals surface area contributed by atoms with Gasteiger partial charge in [0.05, 0.1) is 0 Å². The van der Waals surface area contributed by atoms with Crippen LogP contribution in [-0.2, 0) is 0 Å². The first kappa shape index (κ1) is 8.27. The predicted molar refractivity (Wildman–Crippen MR) is 53.2 cm³/mol. The molecule has 3 N–H and O–H groups in total. The van der Waals surface area contributed by atoms with Gasteiger partial charge in [0.25, 0.3) is 0 Å². The molecule has 0 aliphatic heterocycles. The minimum absolute atomic E-state index is 0.786. The van der Waals surface area contributed by atoms with Crippen molar-refractivity contribution in [1.29, 1.82) is 0 Å². The largest absolute Gasteiger partial charge is 0.399 e. The topological polar surface area (TPSA) is 38.0 Å². The van der Waals surface area contributed by atoms with E-state index in [-0.39, 0.29) is 0 Å². The Labute approximate surface area is 72.2 Å². The molecule has 1 aromatic rings. The molecule has 0 fully saturated rings.